The number of hydrogen-bond acceptors (Lipinski definition) is 6. The summed E-state index contributed by atoms with van der Waals surface area (Å²) in [7, 11) is 0. The van der Waals surface area contributed by atoms with Crippen LogP contribution in [-0.4, -0.2) is 37.2 Å². The first-order chi connectivity index (χ1) is 40.5. The Kier molecular flexibility index (Phi) is 66.2. The molecule has 0 aromatic rings. The molecule has 0 aromatic carbocycles. The molecule has 82 heavy (non-hydrogen) atoms. The first-order valence-corrected chi connectivity index (χ1v) is 34.9. The summed E-state index contributed by atoms with van der Waals surface area (Å²) >= 11 is 0. The fourth-order valence-corrected chi connectivity index (χ4v) is 9.77. The predicted octanol–water partition coefficient (Wildman–Crippen LogP) is 24.2. The summed E-state index contributed by atoms with van der Waals surface area (Å²) in [6.07, 6.45) is 95.4. The summed E-state index contributed by atoms with van der Waals surface area (Å²) in [6, 6.07) is 0. The number of ether oxygens (including phenoxy) is 3. The Bertz CT molecular complexity index is 1640. The lowest BCUT2D eigenvalue weighted by atomic mass is 10.0. The molecule has 0 fully saturated rings. The van der Waals surface area contributed by atoms with Gasteiger partial charge in [0.25, 0.3) is 0 Å². The maximum Gasteiger partial charge on any atom is 0.306 e. The zero-order valence-electron chi connectivity index (χ0n) is 54.0. The molecular formula is C76H130O6. The largest absolute Gasteiger partial charge is 0.462 e. The Balaban J connectivity index is 4.20. The summed E-state index contributed by atoms with van der Waals surface area (Å²) in [4.78, 5) is 38.4. The topological polar surface area (TPSA) is 78.9 Å². The molecule has 0 radical (unpaired) electrons. The summed E-state index contributed by atoms with van der Waals surface area (Å²) in [5.74, 6) is -0.882. The molecule has 1 atom stereocenters. The molecule has 0 saturated carbocycles. The van der Waals surface area contributed by atoms with E-state index < -0.39 is 6.10 Å². The molecule has 0 bridgehead atoms. The summed E-state index contributed by atoms with van der Waals surface area (Å²) in [6.45, 7) is 6.50. The molecule has 6 nitrogen and oxygen atoms in total. The molecular weight excluding hydrogens is 1010 g/mol. The Hall–Kier alpha value is -3.93. The minimum Gasteiger partial charge on any atom is -0.462 e. The van der Waals surface area contributed by atoms with Crippen molar-refractivity contribution in [3.8, 4) is 0 Å². The molecule has 0 aromatic heterocycles. The third-order valence-electron chi connectivity index (χ3n) is 15.0. The minimum absolute atomic E-state index is 0.0806. The summed E-state index contributed by atoms with van der Waals surface area (Å²) in [5.41, 5.74) is 0. The van der Waals surface area contributed by atoms with Crippen LogP contribution in [0.2, 0.25) is 0 Å². The molecule has 1 unspecified atom stereocenters. The quantitative estimate of drug-likeness (QED) is 0.0261. The first kappa shape index (κ1) is 78.1. The highest BCUT2D eigenvalue weighted by molar-refractivity contribution is 5.71. The van der Waals surface area contributed by atoms with Crippen molar-refractivity contribution in [1.82, 2.24) is 0 Å². The van der Waals surface area contributed by atoms with E-state index in [1.807, 2.05) is 0 Å². The molecule has 0 saturated heterocycles. The maximum atomic E-state index is 12.9. The fourth-order valence-electron chi connectivity index (χ4n) is 9.77. The third-order valence-corrected chi connectivity index (χ3v) is 15.0. The van der Waals surface area contributed by atoms with E-state index in [-0.39, 0.29) is 31.1 Å². The standard InChI is InChI=1S/C76H130O6/c1-4-7-10-13-16-19-22-25-27-29-31-32-33-34-35-36-37-38-39-40-41-42-43-44-46-47-49-51-54-57-60-63-66-69-75(78)81-72-73(71-80-74(77)68-65-62-59-56-53-24-21-18-15-12-9-6-3)82-76(79)70-67-64-61-58-55-52-50-48-45-30-28-26-23-20-17-14-11-8-5-2/h7,10,16-21,25-28,31-32,34-35,37-38,73H,4-6,8-9,11-15,22-24,29-30,33,36,39-72H2,1-3H3/b10-7-,19-16-,20-17-,21-18-,27-25-,28-26-,32-31-,35-34-,38-37-. The summed E-state index contributed by atoms with van der Waals surface area (Å²) < 4.78 is 16.9. The van der Waals surface area contributed by atoms with Gasteiger partial charge in [0.2, 0.25) is 0 Å². The van der Waals surface area contributed by atoms with Gasteiger partial charge in [0, 0.05) is 19.3 Å². The van der Waals surface area contributed by atoms with E-state index in [9.17, 15) is 14.4 Å². The molecule has 0 rings (SSSR count). The third kappa shape index (κ3) is 66.9. The van der Waals surface area contributed by atoms with Gasteiger partial charge in [-0.15, -0.1) is 0 Å². The lowest BCUT2D eigenvalue weighted by Gasteiger charge is -2.18. The maximum absolute atomic E-state index is 12.9. The molecule has 470 valence electrons. The molecule has 0 N–H and O–H groups in total. The van der Waals surface area contributed by atoms with Crippen molar-refractivity contribution < 1.29 is 28.6 Å². The van der Waals surface area contributed by atoms with Crippen LogP contribution in [0.1, 0.15) is 335 Å². The van der Waals surface area contributed by atoms with Crippen LogP contribution in [0, 0.1) is 0 Å². The molecule has 0 aliphatic heterocycles. The van der Waals surface area contributed by atoms with Gasteiger partial charge in [-0.05, 0) is 128 Å². The van der Waals surface area contributed by atoms with E-state index >= 15 is 0 Å². The summed E-state index contributed by atoms with van der Waals surface area (Å²) in [5, 5.41) is 0. The zero-order valence-corrected chi connectivity index (χ0v) is 54.0. The van der Waals surface area contributed by atoms with Gasteiger partial charge in [0.1, 0.15) is 13.2 Å². The second-order valence-corrected chi connectivity index (χ2v) is 23.1. The molecule has 0 aliphatic carbocycles. The Morgan fingerprint density at radius 3 is 0.756 bits per heavy atom. The van der Waals surface area contributed by atoms with E-state index in [1.165, 1.54) is 186 Å². The van der Waals surface area contributed by atoms with Crippen LogP contribution >= 0.6 is 0 Å². The van der Waals surface area contributed by atoms with Gasteiger partial charge in [-0.3, -0.25) is 14.4 Å². The Morgan fingerprint density at radius 2 is 0.476 bits per heavy atom. The number of esters is 3. The van der Waals surface area contributed by atoms with Gasteiger partial charge in [0.05, 0.1) is 0 Å². The molecule has 0 aliphatic rings. The number of allylic oxidation sites excluding steroid dienone is 18. The van der Waals surface area contributed by atoms with Crippen LogP contribution in [0.3, 0.4) is 0 Å². The van der Waals surface area contributed by atoms with E-state index in [4.69, 9.17) is 14.2 Å². The van der Waals surface area contributed by atoms with Crippen molar-refractivity contribution in [3.05, 3.63) is 109 Å². The van der Waals surface area contributed by atoms with Crippen LogP contribution < -0.4 is 0 Å². The number of unbranched alkanes of at least 4 members (excludes halogenated alkanes) is 34. The van der Waals surface area contributed by atoms with E-state index in [1.54, 1.807) is 0 Å². The van der Waals surface area contributed by atoms with Gasteiger partial charge in [0.15, 0.2) is 6.10 Å². The van der Waals surface area contributed by atoms with Crippen LogP contribution in [0.5, 0.6) is 0 Å². The van der Waals surface area contributed by atoms with Crippen molar-refractivity contribution in [2.75, 3.05) is 13.2 Å². The number of carbonyl (C=O) groups is 3. The van der Waals surface area contributed by atoms with Crippen LogP contribution in [-0.2, 0) is 28.6 Å². The lowest BCUT2D eigenvalue weighted by Crippen LogP contribution is -2.30. The Morgan fingerprint density at radius 1 is 0.256 bits per heavy atom. The first-order valence-electron chi connectivity index (χ1n) is 34.9. The van der Waals surface area contributed by atoms with Crippen LogP contribution in [0.4, 0.5) is 0 Å². The number of carbonyl (C=O) groups excluding carboxylic acids is 3. The second-order valence-electron chi connectivity index (χ2n) is 23.1. The SMILES string of the molecule is CC/C=C\C/C=C\C/C=C\C/C=C\C/C=C\C/C=C\CCCCCCCCCCCCCCCCC(=O)OCC(COC(=O)CCCCCCC/C=C\CCCCC)OC(=O)CCCCCCCCCCC/C=C\C/C=C\CCCCC. The van der Waals surface area contributed by atoms with Gasteiger partial charge in [-0.25, -0.2) is 0 Å². The molecule has 0 spiro atoms. The highest BCUT2D eigenvalue weighted by Crippen LogP contribution is 2.17. The Labute approximate surface area is 508 Å². The molecule has 6 heteroatoms. The van der Waals surface area contributed by atoms with E-state index in [2.05, 4.69) is 130 Å². The van der Waals surface area contributed by atoms with Crippen LogP contribution in [0.25, 0.3) is 0 Å². The van der Waals surface area contributed by atoms with Gasteiger partial charge >= 0.3 is 17.9 Å². The van der Waals surface area contributed by atoms with Crippen molar-refractivity contribution in [2.45, 2.75) is 341 Å². The molecule has 0 amide bonds. The average Bonchev–Trinajstić information content (AvgIpc) is 3.47. The van der Waals surface area contributed by atoms with Crippen molar-refractivity contribution >= 4 is 17.9 Å². The lowest BCUT2D eigenvalue weighted by molar-refractivity contribution is -0.167. The van der Waals surface area contributed by atoms with Crippen molar-refractivity contribution in [3.63, 3.8) is 0 Å². The zero-order chi connectivity index (χ0) is 59.2. The van der Waals surface area contributed by atoms with E-state index in [0.717, 1.165) is 109 Å². The van der Waals surface area contributed by atoms with Crippen molar-refractivity contribution in [1.29, 1.82) is 0 Å². The molecule has 0 heterocycles. The highest BCUT2D eigenvalue weighted by Gasteiger charge is 2.19. The van der Waals surface area contributed by atoms with Gasteiger partial charge < -0.3 is 14.2 Å². The van der Waals surface area contributed by atoms with E-state index in [0.29, 0.717) is 19.3 Å². The number of rotatable bonds is 63. The number of hydrogen-bond donors (Lipinski definition) is 0. The van der Waals surface area contributed by atoms with Crippen molar-refractivity contribution in [2.24, 2.45) is 0 Å². The van der Waals surface area contributed by atoms with Gasteiger partial charge in [-0.2, -0.15) is 0 Å². The van der Waals surface area contributed by atoms with Crippen LogP contribution in [0.15, 0.2) is 109 Å². The van der Waals surface area contributed by atoms with Gasteiger partial charge in [-0.1, -0.05) is 297 Å². The fraction of sp³-hybridized carbons (Fsp3) is 0.724. The normalized spacial score (nSPS) is 12.8. The highest BCUT2D eigenvalue weighted by atomic mass is 16.6. The average molecular weight is 1140 g/mol. The second kappa shape index (κ2) is 69.6. The predicted molar refractivity (Wildman–Crippen MR) is 357 cm³/mol. The smallest absolute Gasteiger partial charge is 0.306 e. The monoisotopic (exact) mass is 1140 g/mol. The minimum atomic E-state index is -0.785.